The third-order valence-electron chi connectivity index (χ3n) is 3.01. The van der Waals surface area contributed by atoms with E-state index in [1.165, 1.54) is 25.3 Å². The largest absolute Gasteiger partial charge is 0.489 e. The van der Waals surface area contributed by atoms with E-state index in [2.05, 4.69) is 16.3 Å². The van der Waals surface area contributed by atoms with Crippen LogP contribution < -0.4 is 4.74 Å². The molecule has 0 aliphatic carbocycles. The Balaban J connectivity index is 2.34. The van der Waals surface area contributed by atoms with Gasteiger partial charge < -0.3 is 14.2 Å². The van der Waals surface area contributed by atoms with E-state index < -0.39 is 23.8 Å². The molecule has 1 aromatic carbocycles. The zero-order valence-corrected chi connectivity index (χ0v) is 12.2. The Morgan fingerprint density at radius 3 is 2.87 bits per heavy atom. The number of halogens is 3. The van der Waals surface area contributed by atoms with Crippen LogP contribution in [0.1, 0.15) is 11.1 Å². The molecule has 1 heterocycles. The average molecular weight is 329 g/mol. The number of carbonyl (C=O) groups is 1. The predicted molar refractivity (Wildman–Crippen MR) is 75.4 cm³/mol. The van der Waals surface area contributed by atoms with Gasteiger partial charge in [0.1, 0.15) is 19.0 Å². The van der Waals surface area contributed by atoms with Crippen molar-refractivity contribution in [3.05, 3.63) is 42.0 Å². The molecule has 0 N–H and O–H groups in total. The SMILES string of the molecule is C=CCOc1ccc(C2=N[C@@H](C(=O)OC)CO2)cc1C(F)(F)F. The van der Waals surface area contributed by atoms with Crippen molar-refractivity contribution in [2.24, 2.45) is 4.99 Å². The van der Waals surface area contributed by atoms with E-state index in [1.54, 1.807) is 0 Å². The first kappa shape index (κ1) is 16.9. The van der Waals surface area contributed by atoms with Crippen LogP contribution in [0.4, 0.5) is 13.2 Å². The molecule has 124 valence electrons. The van der Waals surface area contributed by atoms with Gasteiger partial charge in [-0.1, -0.05) is 12.7 Å². The summed E-state index contributed by atoms with van der Waals surface area (Å²) in [6.45, 7) is 3.27. The lowest BCUT2D eigenvalue weighted by molar-refractivity contribution is -0.142. The molecular weight excluding hydrogens is 315 g/mol. The lowest BCUT2D eigenvalue weighted by Gasteiger charge is -2.14. The Morgan fingerprint density at radius 1 is 1.52 bits per heavy atom. The second kappa shape index (κ2) is 6.72. The van der Waals surface area contributed by atoms with Crippen molar-refractivity contribution in [1.29, 1.82) is 0 Å². The van der Waals surface area contributed by atoms with Gasteiger partial charge in [-0.15, -0.1) is 0 Å². The molecule has 1 aromatic rings. The van der Waals surface area contributed by atoms with Crippen LogP contribution in [-0.4, -0.2) is 38.2 Å². The summed E-state index contributed by atoms with van der Waals surface area (Å²) in [7, 11) is 1.20. The normalized spacial score (nSPS) is 17.2. The number of rotatable bonds is 5. The summed E-state index contributed by atoms with van der Waals surface area (Å²) in [5.41, 5.74) is -0.848. The molecule has 0 saturated carbocycles. The number of benzene rings is 1. The molecule has 0 fully saturated rings. The van der Waals surface area contributed by atoms with E-state index in [0.717, 1.165) is 6.07 Å². The highest BCUT2D eigenvalue weighted by Crippen LogP contribution is 2.37. The van der Waals surface area contributed by atoms with Crippen molar-refractivity contribution in [1.82, 2.24) is 0 Å². The van der Waals surface area contributed by atoms with Crippen molar-refractivity contribution in [2.75, 3.05) is 20.3 Å². The maximum absolute atomic E-state index is 13.1. The second-order valence-electron chi connectivity index (χ2n) is 4.59. The highest BCUT2D eigenvalue weighted by atomic mass is 19.4. The molecule has 0 spiro atoms. The Kier molecular flexibility index (Phi) is 4.92. The summed E-state index contributed by atoms with van der Waals surface area (Å²) in [4.78, 5) is 15.3. The summed E-state index contributed by atoms with van der Waals surface area (Å²) in [6, 6.07) is 2.56. The number of esters is 1. The number of hydrogen-bond acceptors (Lipinski definition) is 5. The maximum atomic E-state index is 13.1. The molecule has 0 bridgehead atoms. The molecular formula is C15H14F3NO4. The molecule has 23 heavy (non-hydrogen) atoms. The maximum Gasteiger partial charge on any atom is 0.419 e. The lowest BCUT2D eigenvalue weighted by atomic mass is 10.1. The molecule has 1 aliphatic heterocycles. The summed E-state index contributed by atoms with van der Waals surface area (Å²) in [5, 5.41) is 0. The van der Waals surface area contributed by atoms with Crippen molar-refractivity contribution in [2.45, 2.75) is 12.2 Å². The van der Waals surface area contributed by atoms with Gasteiger partial charge in [0, 0.05) is 5.56 Å². The van der Waals surface area contributed by atoms with Crippen LogP contribution in [0, 0.1) is 0 Å². The molecule has 0 unspecified atom stereocenters. The van der Waals surface area contributed by atoms with E-state index in [4.69, 9.17) is 9.47 Å². The van der Waals surface area contributed by atoms with Crippen LogP contribution >= 0.6 is 0 Å². The molecule has 2 rings (SSSR count). The fourth-order valence-electron chi connectivity index (χ4n) is 1.95. The van der Waals surface area contributed by atoms with Gasteiger partial charge in [0.25, 0.3) is 0 Å². The van der Waals surface area contributed by atoms with Crippen molar-refractivity contribution < 1.29 is 32.2 Å². The van der Waals surface area contributed by atoms with E-state index in [1.807, 2.05) is 0 Å². The zero-order valence-electron chi connectivity index (χ0n) is 12.2. The standard InChI is InChI=1S/C15H14F3NO4/c1-3-6-22-12-5-4-9(7-10(12)15(16,17)18)13-19-11(8-23-13)14(20)21-2/h3-5,7,11H,1,6,8H2,2H3/t11-/m1/s1. The fraction of sp³-hybridized carbons (Fsp3) is 0.333. The number of nitrogens with zero attached hydrogens (tertiary/aromatic N) is 1. The van der Waals surface area contributed by atoms with Crippen LogP contribution in [0.3, 0.4) is 0 Å². The number of ether oxygens (including phenoxy) is 3. The summed E-state index contributed by atoms with van der Waals surface area (Å²) in [6.07, 6.45) is -3.26. The van der Waals surface area contributed by atoms with E-state index >= 15 is 0 Å². The van der Waals surface area contributed by atoms with Gasteiger partial charge in [0.15, 0.2) is 6.04 Å². The molecule has 8 heteroatoms. The first-order valence-electron chi connectivity index (χ1n) is 6.60. The number of methoxy groups -OCH3 is 1. The van der Waals surface area contributed by atoms with Gasteiger partial charge in [-0.05, 0) is 18.2 Å². The van der Waals surface area contributed by atoms with Crippen LogP contribution in [0.25, 0.3) is 0 Å². The van der Waals surface area contributed by atoms with Gasteiger partial charge in [0.2, 0.25) is 5.90 Å². The Hall–Kier alpha value is -2.51. The van der Waals surface area contributed by atoms with Crippen molar-refractivity contribution in [3.63, 3.8) is 0 Å². The Bertz CT molecular complexity index is 640. The smallest absolute Gasteiger partial charge is 0.419 e. The van der Waals surface area contributed by atoms with Crippen molar-refractivity contribution >= 4 is 11.9 Å². The molecule has 0 aromatic heterocycles. The number of alkyl halides is 3. The summed E-state index contributed by atoms with van der Waals surface area (Å²) < 4.78 is 54.2. The average Bonchev–Trinajstić information content (AvgIpc) is 3.01. The molecule has 0 radical (unpaired) electrons. The highest BCUT2D eigenvalue weighted by Gasteiger charge is 2.36. The summed E-state index contributed by atoms with van der Waals surface area (Å²) >= 11 is 0. The van der Waals surface area contributed by atoms with Gasteiger partial charge in [0.05, 0.1) is 12.7 Å². The van der Waals surface area contributed by atoms with Gasteiger partial charge in [-0.2, -0.15) is 13.2 Å². The first-order chi connectivity index (χ1) is 10.9. The van der Waals surface area contributed by atoms with Gasteiger partial charge in [-0.25, -0.2) is 9.79 Å². The lowest BCUT2D eigenvalue weighted by Crippen LogP contribution is -2.21. The fourth-order valence-corrected chi connectivity index (χ4v) is 1.95. The van der Waals surface area contributed by atoms with Crippen LogP contribution in [-0.2, 0) is 20.4 Å². The van der Waals surface area contributed by atoms with E-state index in [9.17, 15) is 18.0 Å². The minimum Gasteiger partial charge on any atom is -0.489 e. The minimum atomic E-state index is -4.60. The topological polar surface area (TPSA) is 57.1 Å². The third-order valence-corrected chi connectivity index (χ3v) is 3.01. The monoisotopic (exact) mass is 329 g/mol. The van der Waals surface area contributed by atoms with E-state index in [0.29, 0.717) is 0 Å². The number of aliphatic imine (C=N–C) groups is 1. The Morgan fingerprint density at radius 2 is 2.26 bits per heavy atom. The first-order valence-corrected chi connectivity index (χ1v) is 6.60. The zero-order chi connectivity index (χ0) is 17.0. The Labute approximate surface area is 130 Å². The summed E-state index contributed by atoms with van der Waals surface area (Å²) in [5.74, 6) is -0.965. The molecule has 0 amide bonds. The van der Waals surface area contributed by atoms with Crippen LogP contribution in [0.5, 0.6) is 5.75 Å². The van der Waals surface area contributed by atoms with Crippen molar-refractivity contribution in [3.8, 4) is 5.75 Å². The quantitative estimate of drug-likeness (QED) is 0.615. The molecule has 5 nitrogen and oxygen atoms in total. The van der Waals surface area contributed by atoms with Gasteiger partial charge in [-0.3, -0.25) is 0 Å². The van der Waals surface area contributed by atoms with Gasteiger partial charge >= 0.3 is 12.1 Å². The number of carbonyl (C=O) groups excluding carboxylic acids is 1. The third kappa shape index (κ3) is 3.82. The number of hydrogen-bond donors (Lipinski definition) is 0. The predicted octanol–water partition coefficient (Wildman–Crippen LogP) is 2.59. The highest BCUT2D eigenvalue weighted by molar-refractivity contribution is 5.97. The molecule has 1 atom stereocenters. The van der Waals surface area contributed by atoms with E-state index in [-0.39, 0.29) is 30.4 Å². The van der Waals surface area contributed by atoms with Crippen LogP contribution in [0.2, 0.25) is 0 Å². The minimum absolute atomic E-state index is 0.0406. The molecule has 1 aliphatic rings. The molecule has 0 saturated heterocycles. The van der Waals surface area contributed by atoms with Crippen LogP contribution in [0.15, 0.2) is 35.8 Å². The second-order valence-corrected chi connectivity index (χ2v) is 4.59.